The van der Waals surface area contributed by atoms with Crippen LogP contribution < -0.4 is 10.0 Å². The van der Waals surface area contributed by atoms with Gasteiger partial charge in [0.05, 0.1) is 10.3 Å². The highest BCUT2D eigenvalue weighted by Crippen LogP contribution is 2.17. The Balaban J connectivity index is 3.04. The standard InChI is InChI=1S/C15H22N2O5S/c1-5-17-23(21,22)11-7-6-10(2)12(8-11)13(18)16-9-15(3,4)14(19)20/h6-8,17H,5,9H2,1-4H3,(H,16,18)(H,19,20). The molecule has 128 valence electrons. The third-order valence-corrected chi connectivity index (χ3v) is 4.91. The van der Waals surface area contributed by atoms with Gasteiger partial charge in [0.15, 0.2) is 0 Å². The molecule has 23 heavy (non-hydrogen) atoms. The van der Waals surface area contributed by atoms with E-state index >= 15 is 0 Å². The second kappa shape index (κ2) is 7.10. The van der Waals surface area contributed by atoms with E-state index in [-0.39, 0.29) is 23.5 Å². The molecule has 1 aromatic rings. The number of nitrogens with one attached hydrogen (secondary N) is 2. The van der Waals surface area contributed by atoms with Gasteiger partial charge in [-0.1, -0.05) is 13.0 Å². The fourth-order valence-corrected chi connectivity index (χ4v) is 2.83. The molecule has 0 unspecified atom stereocenters. The van der Waals surface area contributed by atoms with Gasteiger partial charge in [-0.25, -0.2) is 13.1 Å². The summed E-state index contributed by atoms with van der Waals surface area (Å²) < 4.78 is 26.4. The summed E-state index contributed by atoms with van der Waals surface area (Å²) in [5.74, 6) is -1.54. The first-order valence-corrected chi connectivity index (χ1v) is 8.61. The second-order valence-electron chi connectivity index (χ2n) is 5.85. The maximum atomic E-state index is 12.3. The molecule has 0 atom stereocenters. The van der Waals surface area contributed by atoms with E-state index < -0.39 is 27.3 Å². The van der Waals surface area contributed by atoms with Crippen molar-refractivity contribution in [2.75, 3.05) is 13.1 Å². The lowest BCUT2D eigenvalue weighted by Gasteiger charge is -2.20. The highest BCUT2D eigenvalue weighted by atomic mass is 32.2. The van der Waals surface area contributed by atoms with Crippen LogP contribution in [0.3, 0.4) is 0 Å². The molecule has 0 fully saturated rings. The largest absolute Gasteiger partial charge is 0.481 e. The van der Waals surface area contributed by atoms with Gasteiger partial charge in [-0.15, -0.1) is 0 Å². The van der Waals surface area contributed by atoms with Crippen molar-refractivity contribution in [3.05, 3.63) is 29.3 Å². The van der Waals surface area contributed by atoms with Crippen LogP contribution in [0.1, 0.15) is 36.7 Å². The van der Waals surface area contributed by atoms with Crippen LogP contribution in [-0.4, -0.2) is 38.5 Å². The molecule has 0 saturated carbocycles. The van der Waals surface area contributed by atoms with Gasteiger partial charge in [0, 0.05) is 18.7 Å². The van der Waals surface area contributed by atoms with E-state index in [1.165, 1.54) is 26.0 Å². The summed E-state index contributed by atoms with van der Waals surface area (Å²) in [6.07, 6.45) is 0. The molecule has 0 aliphatic carbocycles. The van der Waals surface area contributed by atoms with Crippen LogP contribution in [-0.2, 0) is 14.8 Å². The van der Waals surface area contributed by atoms with Gasteiger partial charge in [0.25, 0.3) is 5.91 Å². The first kappa shape index (κ1) is 19.1. The van der Waals surface area contributed by atoms with Crippen molar-refractivity contribution in [1.29, 1.82) is 0 Å². The summed E-state index contributed by atoms with van der Waals surface area (Å²) in [4.78, 5) is 23.3. The Bertz CT molecular complexity index is 711. The number of hydrogen-bond acceptors (Lipinski definition) is 4. The van der Waals surface area contributed by atoms with Crippen LogP contribution in [0.2, 0.25) is 0 Å². The zero-order valence-electron chi connectivity index (χ0n) is 13.6. The molecule has 1 amide bonds. The maximum Gasteiger partial charge on any atom is 0.310 e. The van der Waals surface area contributed by atoms with Crippen LogP contribution in [0.5, 0.6) is 0 Å². The number of carbonyl (C=O) groups is 2. The molecule has 0 saturated heterocycles. The zero-order valence-corrected chi connectivity index (χ0v) is 14.5. The van der Waals surface area contributed by atoms with Gasteiger partial charge in [-0.2, -0.15) is 0 Å². The maximum absolute atomic E-state index is 12.3. The Kier molecular flexibility index (Phi) is 5.90. The first-order chi connectivity index (χ1) is 10.5. The van der Waals surface area contributed by atoms with Gasteiger partial charge >= 0.3 is 5.97 Å². The van der Waals surface area contributed by atoms with Crippen molar-refractivity contribution in [2.24, 2.45) is 5.41 Å². The van der Waals surface area contributed by atoms with Crippen LogP contribution >= 0.6 is 0 Å². The van der Waals surface area contributed by atoms with Gasteiger partial charge in [-0.3, -0.25) is 9.59 Å². The van der Waals surface area contributed by atoms with Crippen molar-refractivity contribution in [1.82, 2.24) is 10.0 Å². The summed E-state index contributed by atoms with van der Waals surface area (Å²) in [5.41, 5.74) is -0.312. The Hall–Kier alpha value is -1.93. The SMILES string of the molecule is CCNS(=O)(=O)c1ccc(C)c(C(=O)NCC(C)(C)C(=O)O)c1. The molecule has 1 rings (SSSR count). The minimum atomic E-state index is -3.66. The van der Waals surface area contributed by atoms with Crippen molar-refractivity contribution in [2.45, 2.75) is 32.6 Å². The molecule has 8 heteroatoms. The van der Waals surface area contributed by atoms with Crippen LogP contribution in [0, 0.1) is 12.3 Å². The number of hydrogen-bond donors (Lipinski definition) is 3. The van der Waals surface area contributed by atoms with E-state index in [0.29, 0.717) is 5.56 Å². The molecule has 0 heterocycles. The molecule has 1 aromatic carbocycles. The van der Waals surface area contributed by atoms with Crippen LogP contribution in [0.15, 0.2) is 23.1 Å². The van der Waals surface area contributed by atoms with Crippen molar-refractivity contribution in [3.63, 3.8) is 0 Å². The number of amides is 1. The van der Waals surface area contributed by atoms with E-state index in [0.717, 1.165) is 0 Å². The fraction of sp³-hybridized carbons (Fsp3) is 0.467. The Labute approximate surface area is 136 Å². The quantitative estimate of drug-likeness (QED) is 0.688. The number of carboxylic acid groups (broad SMARTS) is 1. The normalized spacial score (nSPS) is 12.0. The summed E-state index contributed by atoms with van der Waals surface area (Å²) in [7, 11) is -3.66. The molecule has 0 spiro atoms. The highest BCUT2D eigenvalue weighted by Gasteiger charge is 2.28. The zero-order chi connectivity index (χ0) is 17.8. The second-order valence-corrected chi connectivity index (χ2v) is 7.62. The monoisotopic (exact) mass is 342 g/mol. The lowest BCUT2D eigenvalue weighted by atomic mass is 9.93. The Morgan fingerprint density at radius 2 is 1.87 bits per heavy atom. The molecular formula is C15H22N2O5S. The van der Waals surface area contributed by atoms with E-state index in [2.05, 4.69) is 10.0 Å². The number of aliphatic carboxylic acids is 1. The first-order valence-electron chi connectivity index (χ1n) is 7.13. The predicted molar refractivity (Wildman–Crippen MR) is 85.8 cm³/mol. The minimum Gasteiger partial charge on any atom is -0.481 e. The smallest absolute Gasteiger partial charge is 0.310 e. The summed E-state index contributed by atoms with van der Waals surface area (Å²) in [6.45, 7) is 6.51. The van der Waals surface area contributed by atoms with E-state index in [1.54, 1.807) is 19.9 Å². The number of rotatable bonds is 7. The average Bonchev–Trinajstić information content (AvgIpc) is 2.44. The van der Waals surface area contributed by atoms with Crippen molar-refractivity contribution in [3.8, 4) is 0 Å². The third kappa shape index (κ3) is 4.77. The lowest BCUT2D eigenvalue weighted by molar-refractivity contribution is -0.146. The van der Waals surface area contributed by atoms with E-state index in [1.807, 2.05) is 0 Å². The van der Waals surface area contributed by atoms with Crippen molar-refractivity contribution >= 4 is 21.9 Å². The average molecular weight is 342 g/mol. The molecule has 0 aromatic heterocycles. The van der Waals surface area contributed by atoms with Crippen LogP contribution in [0.4, 0.5) is 0 Å². The lowest BCUT2D eigenvalue weighted by Crippen LogP contribution is -2.39. The van der Waals surface area contributed by atoms with Crippen molar-refractivity contribution < 1.29 is 23.1 Å². The summed E-state index contributed by atoms with van der Waals surface area (Å²) in [5, 5.41) is 11.6. The molecule has 0 aliphatic heterocycles. The fourth-order valence-electron chi connectivity index (χ4n) is 1.76. The number of benzene rings is 1. The van der Waals surface area contributed by atoms with Crippen LogP contribution in [0.25, 0.3) is 0 Å². The van der Waals surface area contributed by atoms with E-state index in [9.17, 15) is 18.0 Å². The Morgan fingerprint density at radius 3 is 2.39 bits per heavy atom. The highest BCUT2D eigenvalue weighted by molar-refractivity contribution is 7.89. The number of carboxylic acids is 1. The van der Waals surface area contributed by atoms with Gasteiger partial charge < -0.3 is 10.4 Å². The topological polar surface area (TPSA) is 113 Å². The predicted octanol–water partition coefficient (Wildman–Crippen LogP) is 1.13. The summed E-state index contributed by atoms with van der Waals surface area (Å²) >= 11 is 0. The molecule has 0 radical (unpaired) electrons. The molecule has 7 nitrogen and oxygen atoms in total. The number of carbonyl (C=O) groups excluding carboxylic acids is 1. The van der Waals surface area contributed by atoms with E-state index in [4.69, 9.17) is 5.11 Å². The third-order valence-electron chi connectivity index (χ3n) is 3.37. The summed E-state index contributed by atoms with van der Waals surface area (Å²) in [6, 6.07) is 4.25. The molecule has 0 bridgehead atoms. The Morgan fingerprint density at radius 1 is 1.26 bits per heavy atom. The molecular weight excluding hydrogens is 320 g/mol. The molecule has 3 N–H and O–H groups in total. The number of aryl methyl sites for hydroxylation is 1. The molecule has 0 aliphatic rings. The minimum absolute atomic E-state index is 0.00686. The van der Waals surface area contributed by atoms with Gasteiger partial charge in [0.2, 0.25) is 10.0 Å². The van der Waals surface area contributed by atoms with Gasteiger partial charge in [0.1, 0.15) is 0 Å². The number of sulfonamides is 1. The van der Waals surface area contributed by atoms with Gasteiger partial charge in [-0.05, 0) is 38.5 Å².